The highest BCUT2D eigenvalue weighted by Gasteiger charge is 2.44. The van der Waals surface area contributed by atoms with Crippen molar-refractivity contribution in [1.29, 1.82) is 5.26 Å². The topological polar surface area (TPSA) is 114 Å². The molecule has 180 valence electrons. The second-order valence-corrected chi connectivity index (χ2v) is 12.0. The van der Waals surface area contributed by atoms with Crippen molar-refractivity contribution in [3.8, 4) is 6.07 Å². The maximum Gasteiger partial charge on any atom is 0.405 e. The van der Waals surface area contributed by atoms with Crippen molar-refractivity contribution in [1.82, 2.24) is 10.2 Å². The molecule has 1 aliphatic heterocycles. The number of hydrogen-bond donors (Lipinski definition) is 2. The van der Waals surface area contributed by atoms with E-state index in [0.29, 0.717) is 22.8 Å². The van der Waals surface area contributed by atoms with Gasteiger partial charge in [0.2, 0.25) is 0 Å². The largest absolute Gasteiger partial charge is 0.465 e. The van der Waals surface area contributed by atoms with E-state index in [1.165, 1.54) is 12.8 Å². The highest BCUT2D eigenvalue weighted by atomic mass is 35.5. The molecule has 0 atom stereocenters. The lowest BCUT2D eigenvalue weighted by Crippen LogP contribution is -2.47. The van der Waals surface area contributed by atoms with Gasteiger partial charge in [-0.15, -0.1) is 0 Å². The van der Waals surface area contributed by atoms with E-state index < -0.39 is 21.5 Å². The molecule has 1 heterocycles. The molecule has 8 nitrogen and oxygen atoms in total. The normalized spacial score (nSPS) is 22.7. The number of benzene rings is 1. The molecular formula is C23H31ClN4O4S. The van der Waals surface area contributed by atoms with Gasteiger partial charge in [0.1, 0.15) is 5.54 Å². The zero-order chi connectivity index (χ0) is 23.6. The smallest absolute Gasteiger partial charge is 0.405 e. The van der Waals surface area contributed by atoms with Crippen LogP contribution in [0.4, 0.5) is 10.5 Å². The third kappa shape index (κ3) is 5.73. The van der Waals surface area contributed by atoms with E-state index in [1.54, 1.807) is 6.07 Å². The summed E-state index contributed by atoms with van der Waals surface area (Å²) >= 11 is 6.38. The van der Waals surface area contributed by atoms with Gasteiger partial charge in [-0.05, 0) is 56.7 Å². The Morgan fingerprint density at radius 1 is 1.12 bits per heavy atom. The van der Waals surface area contributed by atoms with Gasteiger partial charge in [0, 0.05) is 37.9 Å². The predicted octanol–water partition coefficient (Wildman–Crippen LogP) is 3.65. The molecule has 1 aromatic rings. The van der Waals surface area contributed by atoms with Crippen molar-refractivity contribution in [2.45, 2.75) is 73.1 Å². The molecule has 4 aliphatic rings. The van der Waals surface area contributed by atoms with Crippen molar-refractivity contribution in [2.24, 2.45) is 0 Å². The Morgan fingerprint density at radius 3 is 2.21 bits per heavy atom. The monoisotopic (exact) mass is 494 g/mol. The van der Waals surface area contributed by atoms with Crippen LogP contribution in [0.25, 0.3) is 0 Å². The SMILES string of the molecule is N#CC1(NC(=O)O)CC1.O=S(=O)(c1ccc(N2CCN(C3CC3)CC2)cc1Cl)C1CCCC1. The summed E-state index contributed by atoms with van der Waals surface area (Å²) in [5, 5.41) is 18.8. The van der Waals surface area contributed by atoms with Gasteiger partial charge in [0.05, 0.1) is 21.2 Å². The summed E-state index contributed by atoms with van der Waals surface area (Å²) in [6.07, 6.45) is 6.42. The van der Waals surface area contributed by atoms with Crippen LogP contribution in [0.1, 0.15) is 51.4 Å². The number of hydrogen-bond acceptors (Lipinski definition) is 6. The molecule has 3 aliphatic carbocycles. The van der Waals surface area contributed by atoms with Gasteiger partial charge >= 0.3 is 6.09 Å². The number of anilines is 1. The molecule has 0 bridgehead atoms. The molecule has 33 heavy (non-hydrogen) atoms. The predicted molar refractivity (Wildman–Crippen MR) is 126 cm³/mol. The summed E-state index contributed by atoms with van der Waals surface area (Å²) in [6, 6.07) is 8.20. The fraction of sp³-hybridized carbons (Fsp3) is 0.652. The second-order valence-electron chi connectivity index (χ2n) is 9.44. The van der Waals surface area contributed by atoms with Crippen molar-refractivity contribution < 1.29 is 18.3 Å². The van der Waals surface area contributed by atoms with E-state index in [-0.39, 0.29) is 5.25 Å². The van der Waals surface area contributed by atoms with Crippen LogP contribution >= 0.6 is 11.6 Å². The minimum absolute atomic E-state index is 0.247. The number of sulfone groups is 1. The van der Waals surface area contributed by atoms with Crippen molar-refractivity contribution in [3.05, 3.63) is 23.2 Å². The Morgan fingerprint density at radius 2 is 1.76 bits per heavy atom. The molecule has 1 amide bonds. The number of carboxylic acid groups (broad SMARTS) is 1. The van der Waals surface area contributed by atoms with Gasteiger partial charge in [-0.2, -0.15) is 5.26 Å². The standard InChI is InChI=1S/C18H25ClN2O2S.C5H6N2O2/c19-17-13-15(21-11-9-20(10-12-21)14-5-6-14)7-8-18(17)24(22,23)16-3-1-2-4-16;6-3-5(1-2-5)7-4(8)9/h7-8,13-14,16H,1-6,9-12H2;7H,1-2H2,(H,8,9). The molecule has 0 spiro atoms. The third-order valence-electron chi connectivity index (χ3n) is 7.02. The first-order valence-electron chi connectivity index (χ1n) is 11.7. The Kier molecular flexibility index (Phi) is 7.08. The van der Waals surface area contributed by atoms with Gasteiger partial charge in [-0.25, -0.2) is 13.2 Å². The van der Waals surface area contributed by atoms with Crippen molar-refractivity contribution in [2.75, 3.05) is 31.1 Å². The van der Waals surface area contributed by atoms with E-state index in [4.69, 9.17) is 22.0 Å². The zero-order valence-corrected chi connectivity index (χ0v) is 20.2. The zero-order valence-electron chi connectivity index (χ0n) is 18.7. The molecule has 1 saturated heterocycles. The van der Waals surface area contributed by atoms with Crippen LogP contribution < -0.4 is 10.2 Å². The number of amides is 1. The fourth-order valence-corrected chi connectivity index (χ4v) is 7.07. The minimum atomic E-state index is -3.29. The summed E-state index contributed by atoms with van der Waals surface area (Å²) in [7, 11) is -3.29. The van der Waals surface area contributed by atoms with E-state index >= 15 is 0 Å². The molecule has 0 unspecified atom stereocenters. The average Bonchev–Trinajstić information content (AvgIpc) is 3.72. The van der Waals surface area contributed by atoms with Gasteiger partial charge in [0.25, 0.3) is 0 Å². The molecule has 10 heteroatoms. The summed E-state index contributed by atoms with van der Waals surface area (Å²) in [6.45, 7) is 4.15. The van der Waals surface area contributed by atoms with Crippen LogP contribution in [0, 0.1) is 11.3 Å². The number of piperazine rings is 1. The Bertz CT molecular complexity index is 1020. The number of nitrogens with zero attached hydrogens (tertiary/aromatic N) is 3. The first kappa shape index (κ1) is 24.1. The van der Waals surface area contributed by atoms with Crippen LogP contribution in [0.5, 0.6) is 0 Å². The van der Waals surface area contributed by atoms with Gasteiger partial charge in [0.15, 0.2) is 9.84 Å². The molecule has 4 fully saturated rings. The van der Waals surface area contributed by atoms with Gasteiger partial charge < -0.3 is 15.3 Å². The Labute approximate surface area is 200 Å². The number of nitrogens with one attached hydrogen (secondary N) is 1. The van der Waals surface area contributed by atoms with Crippen LogP contribution in [-0.2, 0) is 9.84 Å². The van der Waals surface area contributed by atoms with Crippen LogP contribution in [0.15, 0.2) is 23.1 Å². The minimum Gasteiger partial charge on any atom is -0.465 e. The lowest BCUT2D eigenvalue weighted by Gasteiger charge is -2.36. The number of nitriles is 1. The van der Waals surface area contributed by atoms with Gasteiger partial charge in [-0.3, -0.25) is 4.90 Å². The average molecular weight is 495 g/mol. The summed E-state index contributed by atoms with van der Waals surface area (Å²) < 4.78 is 25.5. The molecule has 3 saturated carbocycles. The Balaban J connectivity index is 0.000000243. The van der Waals surface area contributed by atoms with E-state index in [9.17, 15) is 13.2 Å². The van der Waals surface area contributed by atoms with E-state index in [1.807, 2.05) is 18.2 Å². The number of halogens is 1. The number of rotatable bonds is 5. The molecule has 5 rings (SSSR count). The highest BCUT2D eigenvalue weighted by Crippen LogP contribution is 2.36. The second kappa shape index (κ2) is 9.69. The Hall–Kier alpha value is -2.02. The third-order valence-corrected chi connectivity index (χ3v) is 9.76. The van der Waals surface area contributed by atoms with E-state index in [2.05, 4.69) is 15.1 Å². The lowest BCUT2D eigenvalue weighted by atomic mass is 10.2. The van der Waals surface area contributed by atoms with Crippen LogP contribution in [0.3, 0.4) is 0 Å². The van der Waals surface area contributed by atoms with Crippen LogP contribution in [0.2, 0.25) is 5.02 Å². The van der Waals surface area contributed by atoms with Gasteiger partial charge in [-0.1, -0.05) is 24.4 Å². The molecule has 2 N–H and O–H groups in total. The number of carbonyl (C=O) groups is 1. The van der Waals surface area contributed by atoms with Crippen molar-refractivity contribution >= 4 is 33.2 Å². The summed E-state index contributed by atoms with van der Waals surface area (Å²) in [5.74, 6) is 0. The van der Waals surface area contributed by atoms with Crippen molar-refractivity contribution in [3.63, 3.8) is 0 Å². The first-order valence-corrected chi connectivity index (χ1v) is 13.6. The molecule has 0 aromatic heterocycles. The maximum atomic E-state index is 12.8. The quantitative estimate of drug-likeness (QED) is 0.642. The lowest BCUT2D eigenvalue weighted by molar-refractivity contribution is 0.191. The summed E-state index contributed by atoms with van der Waals surface area (Å²) in [5.41, 5.74) is 0.312. The molecular weight excluding hydrogens is 464 g/mol. The molecule has 1 aromatic carbocycles. The van der Waals surface area contributed by atoms with E-state index in [0.717, 1.165) is 63.6 Å². The summed E-state index contributed by atoms with van der Waals surface area (Å²) in [4.78, 5) is 15.2. The van der Waals surface area contributed by atoms with Crippen LogP contribution in [-0.4, -0.2) is 67.5 Å². The molecule has 0 radical (unpaired) electrons. The first-order chi connectivity index (χ1) is 15.7. The fourth-order valence-electron chi connectivity index (χ4n) is 4.67. The highest BCUT2D eigenvalue weighted by molar-refractivity contribution is 7.92. The maximum absolute atomic E-state index is 12.8.